The number of carboxylic acids is 1. The van der Waals surface area contributed by atoms with Crippen LogP contribution in [-0.2, 0) is 16.0 Å². The minimum Gasteiger partial charge on any atom is -0.481 e. The van der Waals surface area contributed by atoms with Gasteiger partial charge in [0.1, 0.15) is 5.78 Å². The van der Waals surface area contributed by atoms with Gasteiger partial charge >= 0.3 is 5.97 Å². The molecule has 3 nitrogen and oxygen atoms in total. The number of aryl methyl sites for hydroxylation is 2. The predicted molar refractivity (Wildman–Crippen MR) is 66.0 cm³/mol. The van der Waals surface area contributed by atoms with E-state index in [1.54, 1.807) is 6.92 Å². The number of ketones is 1. The topological polar surface area (TPSA) is 54.4 Å². The Morgan fingerprint density at radius 1 is 1.29 bits per heavy atom. The summed E-state index contributed by atoms with van der Waals surface area (Å²) >= 11 is 0. The second-order valence-corrected chi connectivity index (χ2v) is 4.59. The molecule has 0 aliphatic heterocycles. The number of carboxylic acid groups (broad SMARTS) is 1. The number of hydrogen-bond acceptors (Lipinski definition) is 2. The quantitative estimate of drug-likeness (QED) is 0.851. The van der Waals surface area contributed by atoms with Crippen molar-refractivity contribution in [1.29, 1.82) is 0 Å². The highest BCUT2D eigenvalue weighted by molar-refractivity contribution is 5.85. The third kappa shape index (κ3) is 4.02. The molecule has 0 heterocycles. The Bertz CT molecular complexity index is 435. The van der Waals surface area contributed by atoms with E-state index >= 15 is 0 Å². The lowest BCUT2D eigenvalue weighted by atomic mass is 9.96. The summed E-state index contributed by atoms with van der Waals surface area (Å²) in [6.07, 6.45) is 0.424. The van der Waals surface area contributed by atoms with Gasteiger partial charge in [-0.2, -0.15) is 0 Å². The van der Waals surface area contributed by atoms with Gasteiger partial charge in [-0.25, -0.2) is 0 Å². The van der Waals surface area contributed by atoms with Crippen LogP contribution in [0.5, 0.6) is 0 Å². The van der Waals surface area contributed by atoms with E-state index in [1.807, 2.05) is 32.0 Å². The molecule has 0 aromatic heterocycles. The zero-order valence-corrected chi connectivity index (χ0v) is 10.5. The molecule has 92 valence electrons. The molecule has 0 aliphatic rings. The number of carbonyl (C=O) groups excluding carboxylic acids is 1. The number of benzene rings is 1. The van der Waals surface area contributed by atoms with Gasteiger partial charge in [0.2, 0.25) is 0 Å². The largest absolute Gasteiger partial charge is 0.481 e. The Morgan fingerprint density at radius 2 is 1.94 bits per heavy atom. The molecule has 1 unspecified atom stereocenters. The van der Waals surface area contributed by atoms with Crippen molar-refractivity contribution in [2.45, 2.75) is 33.6 Å². The van der Waals surface area contributed by atoms with Crippen molar-refractivity contribution >= 4 is 11.8 Å². The molecule has 0 fully saturated rings. The Morgan fingerprint density at radius 3 is 2.53 bits per heavy atom. The Labute approximate surface area is 101 Å². The molecule has 1 N–H and O–H groups in total. The van der Waals surface area contributed by atoms with Crippen LogP contribution in [0.15, 0.2) is 18.2 Å². The third-order valence-electron chi connectivity index (χ3n) is 2.85. The number of carbonyl (C=O) groups is 2. The van der Waals surface area contributed by atoms with Gasteiger partial charge in [0.05, 0.1) is 5.92 Å². The lowest BCUT2D eigenvalue weighted by Gasteiger charge is -2.08. The van der Waals surface area contributed by atoms with Crippen LogP contribution in [0.25, 0.3) is 0 Å². The predicted octanol–water partition coefficient (Wildman–Crippen LogP) is 2.53. The highest BCUT2D eigenvalue weighted by Crippen LogP contribution is 2.14. The first-order valence-corrected chi connectivity index (χ1v) is 5.70. The number of aliphatic carboxylic acids is 1. The van der Waals surface area contributed by atoms with Crippen molar-refractivity contribution in [2.24, 2.45) is 5.92 Å². The van der Waals surface area contributed by atoms with Gasteiger partial charge in [-0.15, -0.1) is 0 Å². The van der Waals surface area contributed by atoms with Gasteiger partial charge in [0, 0.05) is 12.8 Å². The summed E-state index contributed by atoms with van der Waals surface area (Å²) in [5, 5.41) is 8.74. The molecule has 0 saturated heterocycles. The Kier molecular flexibility index (Phi) is 4.44. The molecule has 0 bridgehead atoms. The third-order valence-corrected chi connectivity index (χ3v) is 2.85. The molecule has 1 aromatic rings. The first-order chi connectivity index (χ1) is 7.90. The van der Waals surface area contributed by atoms with E-state index in [-0.39, 0.29) is 12.2 Å². The van der Waals surface area contributed by atoms with Gasteiger partial charge < -0.3 is 5.11 Å². The summed E-state index contributed by atoms with van der Waals surface area (Å²) in [6, 6.07) is 5.97. The number of rotatable bonds is 5. The summed E-state index contributed by atoms with van der Waals surface area (Å²) in [5.74, 6) is -1.54. The van der Waals surface area contributed by atoms with E-state index in [2.05, 4.69) is 0 Å². The van der Waals surface area contributed by atoms with Gasteiger partial charge in [-0.05, 0) is 25.0 Å². The monoisotopic (exact) mass is 234 g/mol. The highest BCUT2D eigenvalue weighted by Gasteiger charge is 2.16. The molecule has 0 spiro atoms. The smallest absolute Gasteiger partial charge is 0.306 e. The fourth-order valence-corrected chi connectivity index (χ4v) is 1.70. The summed E-state index contributed by atoms with van der Waals surface area (Å²) in [4.78, 5) is 22.4. The van der Waals surface area contributed by atoms with Crippen molar-refractivity contribution in [3.8, 4) is 0 Å². The lowest BCUT2D eigenvalue weighted by Crippen LogP contribution is -2.16. The maximum absolute atomic E-state index is 11.7. The average Bonchev–Trinajstić information content (AvgIpc) is 2.23. The van der Waals surface area contributed by atoms with Crippen molar-refractivity contribution in [3.63, 3.8) is 0 Å². The standard InChI is InChI=1S/C14H18O3/c1-9-4-5-10(2)12(6-9)8-13(15)7-11(3)14(16)17/h4-6,11H,7-8H2,1-3H3,(H,16,17). The number of hydrogen-bond donors (Lipinski definition) is 1. The summed E-state index contributed by atoms with van der Waals surface area (Å²) in [6.45, 7) is 5.50. The average molecular weight is 234 g/mol. The summed E-state index contributed by atoms with van der Waals surface area (Å²) < 4.78 is 0. The van der Waals surface area contributed by atoms with E-state index < -0.39 is 11.9 Å². The van der Waals surface area contributed by atoms with Gasteiger partial charge in [-0.3, -0.25) is 9.59 Å². The second-order valence-electron chi connectivity index (χ2n) is 4.59. The minimum atomic E-state index is -0.917. The molecule has 0 amide bonds. The molecule has 1 aromatic carbocycles. The van der Waals surface area contributed by atoms with Crippen LogP contribution in [0.2, 0.25) is 0 Å². The lowest BCUT2D eigenvalue weighted by molar-refractivity contribution is -0.143. The molecular formula is C14H18O3. The van der Waals surface area contributed by atoms with Crippen molar-refractivity contribution in [2.75, 3.05) is 0 Å². The Hall–Kier alpha value is -1.64. The summed E-state index contributed by atoms with van der Waals surface area (Å²) in [7, 11) is 0. The van der Waals surface area contributed by atoms with Gasteiger partial charge in [0.15, 0.2) is 0 Å². The minimum absolute atomic E-state index is 0.0198. The number of Topliss-reactive ketones (excluding diaryl/α,β-unsaturated/α-hetero) is 1. The van der Waals surface area contributed by atoms with E-state index in [0.717, 1.165) is 16.7 Å². The molecule has 0 aliphatic carbocycles. The molecule has 3 heteroatoms. The molecule has 0 radical (unpaired) electrons. The first-order valence-electron chi connectivity index (χ1n) is 5.70. The van der Waals surface area contributed by atoms with Crippen LogP contribution in [0.3, 0.4) is 0 Å². The maximum atomic E-state index is 11.7. The van der Waals surface area contributed by atoms with Gasteiger partial charge in [-0.1, -0.05) is 30.7 Å². The highest BCUT2D eigenvalue weighted by atomic mass is 16.4. The van der Waals surface area contributed by atoms with Crippen molar-refractivity contribution in [1.82, 2.24) is 0 Å². The molecule has 1 atom stereocenters. The van der Waals surface area contributed by atoms with Crippen LogP contribution in [0.1, 0.15) is 30.0 Å². The Balaban J connectivity index is 2.68. The van der Waals surface area contributed by atoms with Crippen LogP contribution in [0, 0.1) is 19.8 Å². The molecule has 1 rings (SSSR count). The zero-order valence-electron chi connectivity index (χ0n) is 10.5. The fraction of sp³-hybridized carbons (Fsp3) is 0.429. The van der Waals surface area contributed by atoms with E-state index in [0.29, 0.717) is 6.42 Å². The van der Waals surface area contributed by atoms with Crippen molar-refractivity contribution < 1.29 is 14.7 Å². The van der Waals surface area contributed by atoms with Gasteiger partial charge in [0.25, 0.3) is 0 Å². The van der Waals surface area contributed by atoms with Crippen LogP contribution in [0.4, 0.5) is 0 Å². The molecular weight excluding hydrogens is 216 g/mol. The molecule has 0 saturated carbocycles. The SMILES string of the molecule is Cc1ccc(C)c(CC(=O)CC(C)C(=O)O)c1. The fourth-order valence-electron chi connectivity index (χ4n) is 1.70. The van der Waals surface area contributed by atoms with E-state index in [9.17, 15) is 9.59 Å². The normalized spacial score (nSPS) is 12.2. The maximum Gasteiger partial charge on any atom is 0.306 e. The van der Waals surface area contributed by atoms with Crippen molar-refractivity contribution in [3.05, 3.63) is 34.9 Å². The first kappa shape index (κ1) is 13.4. The summed E-state index contributed by atoms with van der Waals surface area (Å²) in [5.41, 5.74) is 3.18. The molecule has 17 heavy (non-hydrogen) atoms. The van der Waals surface area contributed by atoms with E-state index in [1.165, 1.54) is 0 Å². The van der Waals surface area contributed by atoms with E-state index in [4.69, 9.17) is 5.11 Å². The zero-order chi connectivity index (χ0) is 13.0. The van der Waals surface area contributed by atoms with Crippen LogP contribution >= 0.6 is 0 Å². The second kappa shape index (κ2) is 5.62. The van der Waals surface area contributed by atoms with Crippen LogP contribution < -0.4 is 0 Å². The van der Waals surface area contributed by atoms with Crippen LogP contribution in [-0.4, -0.2) is 16.9 Å².